The molecule has 1 heterocycles. The van der Waals surface area contributed by atoms with E-state index in [4.69, 9.17) is 17.2 Å². The second-order valence-corrected chi connectivity index (χ2v) is 11.2. The Kier molecular flexibility index (Phi) is 8.74. The van der Waals surface area contributed by atoms with Gasteiger partial charge in [0, 0.05) is 26.7 Å². The maximum absolute atomic E-state index is 13.1. The van der Waals surface area contributed by atoms with Crippen LogP contribution in [0.3, 0.4) is 0 Å². The molecule has 1 amide bonds. The van der Waals surface area contributed by atoms with Gasteiger partial charge in [0.15, 0.2) is 10.2 Å². The number of thiocarbonyl (C=S) groups is 1. The average molecular weight is 533 g/mol. The number of aromatic nitrogens is 1. The number of thiazole rings is 1. The van der Waals surface area contributed by atoms with Gasteiger partial charge in [-0.15, -0.1) is 23.1 Å². The quantitative estimate of drug-likeness (QED) is 0.159. The van der Waals surface area contributed by atoms with E-state index in [1.54, 1.807) is 0 Å². The third-order valence-electron chi connectivity index (χ3n) is 5.42. The van der Waals surface area contributed by atoms with Crippen LogP contribution in [0.1, 0.15) is 23.8 Å². The van der Waals surface area contributed by atoms with Gasteiger partial charge in [-0.3, -0.25) is 4.79 Å². The predicted octanol–water partition coefficient (Wildman–Crippen LogP) is 7.75. The number of rotatable bonds is 8. The molecule has 0 aliphatic carbocycles. The average Bonchev–Trinajstić information content (AvgIpc) is 3.23. The van der Waals surface area contributed by atoms with Crippen LogP contribution >= 0.6 is 35.3 Å². The van der Waals surface area contributed by atoms with Crippen LogP contribution in [0.15, 0.2) is 83.8 Å². The third-order valence-corrected chi connectivity index (χ3v) is 7.87. The Morgan fingerprint density at radius 3 is 2.36 bits per heavy atom. The number of thioether (sulfide) groups is 1. The first-order chi connectivity index (χ1) is 17.4. The third kappa shape index (κ3) is 6.94. The number of carbonyl (C=O) groups excluding carboxylic acids is 1. The second-order valence-electron chi connectivity index (χ2n) is 8.27. The number of carbonyl (C=O) groups is 1. The number of anilines is 3. The number of amides is 1. The number of para-hydroxylation sites is 1. The zero-order chi connectivity index (χ0) is 25.5. The van der Waals surface area contributed by atoms with E-state index >= 15 is 0 Å². The molecule has 3 N–H and O–H groups in total. The molecule has 0 saturated heterocycles. The van der Waals surface area contributed by atoms with Gasteiger partial charge in [0.25, 0.3) is 0 Å². The fourth-order valence-corrected chi connectivity index (χ4v) is 5.65. The molecule has 4 aromatic rings. The summed E-state index contributed by atoms with van der Waals surface area (Å²) in [7, 11) is 0. The first kappa shape index (κ1) is 25.9. The topological polar surface area (TPSA) is 66.0 Å². The number of hydrogen-bond acceptors (Lipinski definition) is 5. The van der Waals surface area contributed by atoms with Gasteiger partial charge in [-0.05, 0) is 62.8 Å². The summed E-state index contributed by atoms with van der Waals surface area (Å²) in [6, 6.07) is 26.0. The molecule has 4 rings (SSSR count). The lowest BCUT2D eigenvalue weighted by Crippen LogP contribution is -2.24. The molecule has 1 unspecified atom stereocenters. The van der Waals surface area contributed by atoms with Crippen molar-refractivity contribution in [3.8, 4) is 11.3 Å². The summed E-state index contributed by atoms with van der Waals surface area (Å²) in [6.07, 6.45) is 0.692. The molecule has 0 saturated carbocycles. The molecule has 3 aromatic carbocycles. The van der Waals surface area contributed by atoms with Crippen LogP contribution in [0.4, 0.5) is 16.5 Å². The van der Waals surface area contributed by atoms with Crippen molar-refractivity contribution in [1.82, 2.24) is 4.98 Å². The zero-order valence-corrected chi connectivity index (χ0v) is 22.8. The van der Waals surface area contributed by atoms with Crippen LogP contribution in [0, 0.1) is 13.8 Å². The van der Waals surface area contributed by atoms with Gasteiger partial charge in [-0.25, -0.2) is 4.98 Å². The highest BCUT2D eigenvalue weighted by molar-refractivity contribution is 8.00. The molecular weight excluding hydrogens is 505 g/mol. The molecule has 0 aliphatic heterocycles. The monoisotopic (exact) mass is 532 g/mol. The molecule has 0 aliphatic rings. The van der Waals surface area contributed by atoms with Gasteiger partial charge in [0.1, 0.15) is 0 Å². The van der Waals surface area contributed by atoms with Gasteiger partial charge in [-0.1, -0.05) is 61.0 Å². The van der Waals surface area contributed by atoms with Crippen molar-refractivity contribution in [2.45, 2.75) is 37.3 Å². The minimum Gasteiger partial charge on any atom is -0.332 e. The highest BCUT2D eigenvalue weighted by atomic mass is 32.2. The first-order valence-corrected chi connectivity index (χ1v) is 13.8. The van der Waals surface area contributed by atoms with Crippen LogP contribution < -0.4 is 16.0 Å². The number of nitrogens with zero attached hydrogens (tertiary/aromatic N) is 1. The Morgan fingerprint density at radius 1 is 0.944 bits per heavy atom. The summed E-state index contributed by atoms with van der Waals surface area (Å²) in [5, 5.41) is 10.3. The van der Waals surface area contributed by atoms with Crippen molar-refractivity contribution in [3.05, 3.63) is 89.3 Å². The van der Waals surface area contributed by atoms with E-state index in [9.17, 15) is 4.79 Å². The van der Waals surface area contributed by atoms with Gasteiger partial charge in [-0.2, -0.15) is 0 Å². The van der Waals surface area contributed by atoms with Crippen molar-refractivity contribution < 1.29 is 4.79 Å². The fourth-order valence-electron chi connectivity index (χ4n) is 3.56. The molecule has 0 spiro atoms. The van der Waals surface area contributed by atoms with Crippen LogP contribution in [0.25, 0.3) is 11.3 Å². The normalized spacial score (nSPS) is 11.5. The van der Waals surface area contributed by atoms with E-state index in [2.05, 4.69) is 47.1 Å². The SMILES string of the molecule is CCC(Sc1cccc(NC(=S)Nc2ccccc2)c1)C(=O)Nc1nc(-c2ccc(C)cc2)c(C)s1. The van der Waals surface area contributed by atoms with E-state index in [-0.39, 0.29) is 11.2 Å². The lowest BCUT2D eigenvalue weighted by atomic mass is 10.1. The summed E-state index contributed by atoms with van der Waals surface area (Å²) in [5.74, 6) is -0.0497. The van der Waals surface area contributed by atoms with Crippen molar-refractivity contribution in [1.29, 1.82) is 0 Å². The van der Waals surface area contributed by atoms with Crippen LogP contribution in [-0.2, 0) is 4.79 Å². The number of benzene rings is 3. The summed E-state index contributed by atoms with van der Waals surface area (Å²) in [5.41, 5.74) is 4.96. The smallest absolute Gasteiger partial charge is 0.239 e. The van der Waals surface area contributed by atoms with Crippen LogP contribution in [0.2, 0.25) is 0 Å². The Balaban J connectivity index is 1.38. The molecule has 0 bridgehead atoms. The number of aryl methyl sites for hydroxylation is 2. The largest absolute Gasteiger partial charge is 0.332 e. The number of hydrogen-bond donors (Lipinski definition) is 3. The van der Waals surface area contributed by atoms with Crippen molar-refractivity contribution in [3.63, 3.8) is 0 Å². The summed E-state index contributed by atoms with van der Waals surface area (Å²) >= 11 is 8.48. The maximum Gasteiger partial charge on any atom is 0.239 e. The summed E-state index contributed by atoms with van der Waals surface area (Å²) < 4.78 is 0. The van der Waals surface area contributed by atoms with E-state index < -0.39 is 0 Å². The minimum absolute atomic E-state index is 0.0497. The summed E-state index contributed by atoms with van der Waals surface area (Å²) in [6.45, 7) is 6.11. The Morgan fingerprint density at radius 2 is 1.64 bits per heavy atom. The van der Waals surface area contributed by atoms with Gasteiger partial charge < -0.3 is 16.0 Å². The Hall–Kier alpha value is -3.20. The van der Waals surface area contributed by atoms with E-state index in [1.807, 2.05) is 68.4 Å². The minimum atomic E-state index is -0.248. The lowest BCUT2D eigenvalue weighted by Gasteiger charge is -2.15. The Labute approximate surface area is 225 Å². The highest BCUT2D eigenvalue weighted by Gasteiger charge is 2.20. The van der Waals surface area contributed by atoms with E-state index in [1.165, 1.54) is 28.7 Å². The van der Waals surface area contributed by atoms with Crippen molar-refractivity contribution >= 4 is 62.8 Å². The van der Waals surface area contributed by atoms with Gasteiger partial charge in [0.05, 0.1) is 10.9 Å². The van der Waals surface area contributed by atoms with Gasteiger partial charge >= 0.3 is 0 Å². The molecule has 36 heavy (non-hydrogen) atoms. The van der Waals surface area contributed by atoms with E-state index in [0.29, 0.717) is 16.7 Å². The first-order valence-electron chi connectivity index (χ1n) is 11.7. The second kappa shape index (κ2) is 12.2. The highest BCUT2D eigenvalue weighted by Crippen LogP contribution is 2.32. The molecule has 0 fully saturated rings. The fraction of sp³-hybridized carbons (Fsp3) is 0.179. The molecule has 5 nitrogen and oxygen atoms in total. The maximum atomic E-state index is 13.1. The molecule has 184 valence electrons. The Bertz CT molecular complexity index is 1340. The lowest BCUT2D eigenvalue weighted by molar-refractivity contribution is -0.115. The predicted molar refractivity (Wildman–Crippen MR) is 158 cm³/mol. The standard InChI is InChI=1S/C28H28N4OS3/c1-4-24(26(33)32-28-31-25(19(3)35-28)20-15-13-18(2)14-16-20)36-23-12-8-11-22(17-23)30-27(34)29-21-9-6-5-7-10-21/h5-17,24H,4H2,1-3H3,(H2,29,30,34)(H,31,32,33). The van der Waals surface area contributed by atoms with Gasteiger partial charge in [0.2, 0.25) is 5.91 Å². The molecule has 0 radical (unpaired) electrons. The van der Waals surface area contributed by atoms with Crippen molar-refractivity contribution in [2.75, 3.05) is 16.0 Å². The van der Waals surface area contributed by atoms with Crippen molar-refractivity contribution in [2.24, 2.45) is 0 Å². The molecule has 1 atom stereocenters. The molecule has 1 aromatic heterocycles. The van der Waals surface area contributed by atoms with Crippen LogP contribution in [0.5, 0.6) is 0 Å². The zero-order valence-electron chi connectivity index (χ0n) is 20.4. The van der Waals surface area contributed by atoms with E-state index in [0.717, 1.165) is 32.4 Å². The summed E-state index contributed by atoms with van der Waals surface area (Å²) in [4.78, 5) is 19.9. The number of nitrogens with one attached hydrogen (secondary N) is 3. The molecular formula is C28H28N4OS3. The molecule has 8 heteroatoms. The van der Waals surface area contributed by atoms with Crippen LogP contribution in [-0.4, -0.2) is 21.3 Å².